The molecule has 3 fully saturated rings. The normalized spacial score (nSPS) is 19.2. The molecule has 0 aliphatic carbocycles. The zero-order chi connectivity index (χ0) is 40.1. The van der Waals surface area contributed by atoms with Crippen LogP contribution >= 0.6 is 0 Å². The molecule has 0 aromatic heterocycles. The van der Waals surface area contributed by atoms with Crippen molar-refractivity contribution in [3.63, 3.8) is 0 Å². The second-order valence-corrected chi connectivity index (χ2v) is 14.4. The SMILES string of the molecule is COc1cc(N2CCC(N3CCN(C(=O)CCOCCOCCOCCOCCNc4cccc5c4C(=O)N(C4CCC(=O)NC4=O)C5=O)CC3)CC2)ccc1N. The number of nitrogen functional groups attached to an aromatic ring is 1. The van der Waals surface area contributed by atoms with Crippen LogP contribution in [-0.4, -0.2) is 162 Å². The minimum absolute atomic E-state index is 0.0638. The fraction of sp³-hybridized carbons (Fsp3) is 0.575. The van der Waals surface area contributed by atoms with Crippen LogP contribution < -0.4 is 26.0 Å². The topological polar surface area (TPSA) is 195 Å². The number of nitrogens with zero attached hydrogens (tertiary/aromatic N) is 4. The Hall–Kier alpha value is -4.81. The minimum Gasteiger partial charge on any atom is -0.495 e. The van der Waals surface area contributed by atoms with Crippen LogP contribution in [0.15, 0.2) is 36.4 Å². The predicted octanol–water partition coefficient (Wildman–Crippen LogP) is 1.36. The van der Waals surface area contributed by atoms with Crippen molar-refractivity contribution in [2.45, 2.75) is 44.2 Å². The van der Waals surface area contributed by atoms with E-state index in [2.05, 4.69) is 26.5 Å². The van der Waals surface area contributed by atoms with E-state index in [-0.39, 0.29) is 29.9 Å². The molecular formula is C40H55N7O10. The van der Waals surface area contributed by atoms with Crippen molar-refractivity contribution in [2.24, 2.45) is 0 Å². The third-order valence-electron chi connectivity index (χ3n) is 10.8. The fourth-order valence-corrected chi connectivity index (χ4v) is 7.72. The van der Waals surface area contributed by atoms with E-state index in [4.69, 9.17) is 29.4 Å². The summed E-state index contributed by atoms with van der Waals surface area (Å²) in [5.41, 5.74) is 8.67. The van der Waals surface area contributed by atoms with Crippen LogP contribution in [0.25, 0.3) is 0 Å². The summed E-state index contributed by atoms with van der Waals surface area (Å²) in [6.07, 6.45) is 2.70. The number of nitrogens with one attached hydrogen (secondary N) is 2. The first kappa shape index (κ1) is 41.8. The predicted molar refractivity (Wildman–Crippen MR) is 210 cm³/mol. The number of imide groups is 2. The van der Waals surface area contributed by atoms with Crippen LogP contribution in [0.3, 0.4) is 0 Å². The molecule has 4 N–H and O–H groups in total. The Labute approximate surface area is 333 Å². The molecule has 0 spiro atoms. The molecule has 4 heterocycles. The van der Waals surface area contributed by atoms with Crippen LogP contribution in [0, 0.1) is 0 Å². The van der Waals surface area contributed by atoms with Gasteiger partial charge in [-0.15, -0.1) is 0 Å². The van der Waals surface area contributed by atoms with E-state index in [1.807, 2.05) is 17.0 Å². The van der Waals surface area contributed by atoms with Crippen LogP contribution in [0.1, 0.15) is 52.8 Å². The number of amides is 5. The highest BCUT2D eigenvalue weighted by Gasteiger charge is 2.45. The van der Waals surface area contributed by atoms with Crippen molar-refractivity contribution in [3.8, 4) is 5.75 Å². The lowest BCUT2D eigenvalue weighted by Crippen LogP contribution is -2.54. The first-order valence-corrected chi connectivity index (χ1v) is 19.8. The molecule has 2 aromatic carbocycles. The average molecular weight is 794 g/mol. The lowest BCUT2D eigenvalue weighted by Gasteiger charge is -2.43. The largest absolute Gasteiger partial charge is 0.495 e. The molecule has 4 aliphatic rings. The van der Waals surface area contributed by atoms with E-state index in [0.29, 0.717) is 89.0 Å². The maximum atomic E-state index is 13.2. The number of carbonyl (C=O) groups is 5. The van der Waals surface area contributed by atoms with Gasteiger partial charge in [-0.05, 0) is 43.5 Å². The molecule has 5 amide bonds. The van der Waals surface area contributed by atoms with Crippen molar-refractivity contribution < 1.29 is 47.7 Å². The van der Waals surface area contributed by atoms with Gasteiger partial charge >= 0.3 is 0 Å². The number of piperidine rings is 2. The van der Waals surface area contributed by atoms with Gasteiger partial charge in [-0.2, -0.15) is 0 Å². The van der Waals surface area contributed by atoms with E-state index in [1.165, 1.54) is 0 Å². The van der Waals surface area contributed by atoms with Crippen LogP contribution in [-0.2, 0) is 33.3 Å². The Bertz CT molecular complexity index is 1730. The number of nitrogens with two attached hydrogens (primary N) is 1. The zero-order valence-corrected chi connectivity index (χ0v) is 32.7. The number of methoxy groups -OCH3 is 1. The Kier molecular flexibility index (Phi) is 15.1. The molecule has 1 atom stereocenters. The first-order valence-electron chi connectivity index (χ1n) is 19.8. The summed E-state index contributed by atoms with van der Waals surface area (Å²) in [7, 11) is 1.64. The number of rotatable bonds is 20. The number of piperazine rings is 1. The van der Waals surface area contributed by atoms with Gasteiger partial charge in [0, 0.05) is 75.7 Å². The van der Waals surface area contributed by atoms with Gasteiger partial charge in [0.2, 0.25) is 17.7 Å². The number of carbonyl (C=O) groups excluding carboxylic acids is 5. The first-order chi connectivity index (χ1) is 27.7. The van der Waals surface area contributed by atoms with Crippen molar-refractivity contribution >= 4 is 46.6 Å². The maximum absolute atomic E-state index is 13.2. The quantitative estimate of drug-likeness (QED) is 0.0989. The molecule has 2 aromatic rings. The number of anilines is 3. The van der Waals surface area contributed by atoms with Gasteiger partial charge in [0.05, 0.1) is 83.2 Å². The Morgan fingerprint density at radius 1 is 0.807 bits per heavy atom. The Morgan fingerprint density at radius 3 is 2.14 bits per heavy atom. The van der Waals surface area contributed by atoms with Gasteiger partial charge < -0.3 is 44.5 Å². The average Bonchev–Trinajstić information content (AvgIpc) is 3.48. The zero-order valence-electron chi connectivity index (χ0n) is 32.7. The summed E-state index contributed by atoms with van der Waals surface area (Å²) in [5.74, 6) is -1.34. The third-order valence-corrected chi connectivity index (χ3v) is 10.8. The van der Waals surface area contributed by atoms with Crippen molar-refractivity contribution in [1.29, 1.82) is 0 Å². The molecule has 0 radical (unpaired) electrons. The summed E-state index contributed by atoms with van der Waals surface area (Å²) < 4.78 is 27.8. The van der Waals surface area contributed by atoms with E-state index in [1.54, 1.807) is 25.3 Å². The molecule has 17 heteroatoms. The summed E-state index contributed by atoms with van der Waals surface area (Å²) in [5, 5.41) is 5.34. The number of benzene rings is 2. The van der Waals surface area contributed by atoms with Crippen molar-refractivity contribution in [1.82, 2.24) is 20.0 Å². The number of hydrogen-bond donors (Lipinski definition) is 3. The van der Waals surface area contributed by atoms with E-state index < -0.39 is 29.7 Å². The summed E-state index contributed by atoms with van der Waals surface area (Å²) in [6.45, 7) is 8.68. The summed E-state index contributed by atoms with van der Waals surface area (Å²) in [6, 6.07) is 10.4. The fourth-order valence-electron chi connectivity index (χ4n) is 7.72. The second-order valence-electron chi connectivity index (χ2n) is 14.4. The van der Waals surface area contributed by atoms with Gasteiger partial charge in [-0.1, -0.05) is 6.07 Å². The van der Waals surface area contributed by atoms with E-state index in [0.717, 1.165) is 62.7 Å². The van der Waals surface area contributed by atoms with Crippen LogP contribution in [0.5, 0.6) is 5.75 Å². The summed E-state index contributed by atoms with van der Waals surface area (Å²) >= 11 is 0. The minimum atomic E-state index is -1.01. The Balaban J connectivity index is 0.738. The van der Waals surface area contributed by atoms with Crippen molar-refractivity contribution in [2.75, 3.05) is 122 Å². The molecule has 6 rings (SSSR count). The van der Waals surface area contributed by atoms with E-state index in [9.17, 15) is 24.0 Å². The molecule has 3 saturated heterocycles. The molecule has 0 saturated carbocycles. The molecule has 0 bridgehead atoms. The molecule has 4 aliphatic heterocycles. The van der Waals surface area contributed by atoms with Gasteiger partial charge in [0.1, 0.15) is 11.8 Å². The molecular weight excluding hydrogens is 738 g/mol. The lowest BCUT2D eigenvalue weighted by molar-refractivity contribution is -0.136. The second kappa shape index (κ2) is 20.6. The van der Waals surface area contributed by atoms with Gasteiger partial charge in [-0.3, -0.25) is 39.1 Å². The summed E-state index contributed by atoms with van der Waals surface area (Å²) in [4.78, 5) is 70.6. The highest BCUT2D eigenvalue weighted by Crippen LogP contribution is 2.33. The highest BCUT2D eigenvalue weighted by molar-refractivity contribution is 6.25. The van der Waals surface area contributed by atoms with Crippen molar-refractivity contribution in [3.05, 3.63) is 47.5 Å². The molecule has 310 valence electrons. The van der Waals surface area contributed by atoms with Crippen LogP contribution in [0.2, 0.25) is 0 Å². The van der Waals surface area contributed by atoms with E-state index >= 15 is 0 Å². The smallest absolute Gasteiger partial charge is 0.264 e. The van der Waals surface area contributed by atoms with Crippen LogP contribution in [0.4, 0.5) is 17.1 Å². The van der Waals surface area contributed by atoms with Gasteiger partial charge in [0.15, 0.2) is 0 Å². The molecule has 57 heavy (non-hydrogen) atoms. The van der Waals surface area contributed by atoms with Gasteiger partial charge in [-0.25, -0.2) is 0 Å². The number of ether oxygens (including phenoxy) is 5. The maximum Gasteiger partial charge on any atom is 0.264 e. The molecule has 17 nitrogen and oxygen atoms in total. The third kappa shape index (κ3) is 10.8. The van der Waals surface area contributed by atoms with Gasteiger partial charge in [0.25, 0.3) is 11.8 Å². The monoisotopic (exact) mass is 793 g/mol. The Morgan fingerprint density at radius 2 is 1.47 bits per heavy atom. The highest BCUT2D eigenvalue weighted by atomic mass is 16.6. The number of fused-ring (bicyclic) bond motifs is 1. The standard InChI is InChI=1S/C40H55N7O10/c1-53-34-27-29(5-6-31(34)41)44-13-9-28(10-14-44)45-15-17-46(18-16-45)36(49)11-19-54-21-23-56-25-26-57-24-22-55-20-12-42-32-4-2-3-30-37(32)40(52)47(39(30)51)33-7-8-35(48)43-38(33)50/h2-6,27-28,33,42H,7-26,41H2,1H3,(H,43,48,50). The lowest BCUT2D eigenvalue weighted by atomic mass is 10.0. The number of hydrogen-bond acceptors (Lipinski definition) is 14. The molecule has 1 unspecified atom stereocenters.